The number of piperazine rings is 1. The first-order valence-corrected chi connectivity index (χ1v) is 20.8. The lowest BCUT2D eigenvalue weighted by Crippen LogP contribution is -2.54. The Labute approximate surface area is 355 Å². The summed E-state index contributed by atoms with van der Waals surface area (Å²) in [5, 5.41) is 2.62. The number of fused-ring (bicyclic) bond motifs is 1. The van der Waals surface area contributed by atoms with Gasteiger partial charge in [0.2, 0.25) is 5.91 Å². The van der Waals surface area contributed by atoms with Crippen LogP contribution < -0.4 is 16.0 Å². The molecule has 0 radical (unpaired) electrons. The largest absolute Gasteiger partial charge is 0.462 e. The third kappa shape index (κ3) is 10.4. The van der Waals surface area contributed by atoms with E-state index in [0.717, 1.165) is 30.3 Å². The number of esters is 1. The lowest BCUT2D eigenvalue weighted by Gasteiger charge is -2.39. The number of aromatic nitrogens is 1. The standard InChI is InChI=1S/C42H48ClF3N8O7/c43-32-24-27(23-31(37(32)47)42(44,45)46)25-34(61-41(59)53-15-11-30(12-16-53)54-17-10-28-5-1-2-6-33(28)49-40(54)58)38(56)52-20-18-50(19-21-52)35-9-8-29(26-48-35)39(57)60-22-4-14-51-13-3-7-36(51)55/h1-2,5-6,8-9,23-24,26,30,34H,3-4,7,10-22,25,47H2,(H,49,58)/t34-/m1/s1. The SMILES string of the molecule is Nc1c(Cl)cc(C[C@@H](OC(=O)N2CCC(N3CCc4ccccc4NC3=O)CC2)C(=O)N2CCN(c3ccc(C(=O)OCCCN4CCCC4=O)cn3)CC2)cc1C(F)(F)F. The molecule has 0 unspecified atom stereocenters. The molecule has 2 aromatic carbocycles. The highest BCUT2D eigenvalue weighted by molar-refractivity contribution is 6.33. The van der Waals surface area contributed by atoms with Crippen LogP contribution in [0.25, 0.3) is 0 Å². The molecule has 4 aliphatic heterocycles. The van der Waals surface area contributed by atoms with Crippen LogP contribution in [0.5, 0.6) is 0 Å². The van der Waals surface area contributed by atoms with Crippen LogP contribution in [0.15, 0.2) is 54.7 Å². The second-order valence-electron chi connectivity index (χ2n) is 15.6. The van der Waals surface area contributed by atoms with Gasteiger partial charge >= 0.3 is 24.3 Å². The van der Waals surface area contributed by atoms with Crippen molar-refractivity contribution in [3.63, 3.8) is 0 Å². The molecule has 326 valence electrons. The maximum absolute atomic E-state index is 14.1. The quantitative estimate of drug-likeness (QED) is 0.143. The fourth-order valence-corrected chi connectivity index (χ4v) is 8.45. The van der Waals surface area contributed by atoms with Crippen LogP contribution in [-0.2, 0) is 38.1 Å². The number of piperidine rings is 1. The highest BCUT2D eigenvalue weighted by atomic mass is 35.5. The van der Waals surface area contributed by atoms with Gasteiger partial charge in [0.05, 0.1) is 28.4 Å². The molecule has 19 heteroatoms. The third-order valence-corrected chi connectivity index (χ3v) is 11.9. The molecule has 1 aromatic heterocycles. The Kier molecular flexibility index (Phi) is 13.4. The second-order valence-corrected chi connectivity index (χ2v) is 16.0. The van der Waals surface area contributed by atoms with E-state index in [4.69, 9.17) is 26.8 Å². The van der Waals surface area contributed by atoms with Crippen molar-refractivity contribution in [2.75, 3.05) is 81.5 Å². The van der Waals surface area contributed by atoms with Gasteiger partial charge < -0.3 is 45.0 Å². The fourth-order valence-electron chi connectivity index (χ4n) is 8.21. The number of alkyl halides is 3. The van der Waals surface area contributed by atoms with Gasteiger partial charge in [0.1, 0.15) is 5.82 Å². The molecule has 61 heavy (non-hydrogen) atoms. The van der Waals surface area contributed by atoms with Crippen LogP contribution in [0.1, 0.15) is 59.2 Å². The number of pyridine rings is 1. The number of nitrogen functional groups attached to an aromatic ring is 1. The molecule has 3 saturated heterocycles. The Morgan fingerprint density at radius 1 is 0.934 bits per heavy atom. The number of likely N-dealkylation sites (tertiary alicyclic amines) is 2. The lowest BCUT2D eigenvalue weighted by atomic mass is 10.0. The molecule has 5 amide bonds. The topological polar surface area (TPSA) is 171 Å². The first-order valence-electron chi connectivity index (χ1n) is 20.5. The van der Waals surface area contributed by atoms with Crippen molar-refractivity contribution in [3.8, 4) is 0 Å². The number of halogens is 4. The summed E-state index contributed by atoms with van der Waals surface area (Å²) < 4.78 is 52.9. The van der Waals surface area contributed by atoms with Crippen molar-refractivity contribution in [1.29, 1.82) is 0 Å². The predicted molar refractivity (Wildman–Crippen MR) is 219 cm³/mol. The van der Waals surface area contributed by atoms with Crippen molar-refractivity contribution >= 4 is 58.7 Å². The number of nitrogens with one attached hydrogen (secondary N) is 1. The molecule has 0 aliphatic carbocycles. The number of carbonyl (C=O) groups is 5. The van der Waals surface area contributed by atoms with E-state index in [1.54, 1.807) is 21.9 Å². The average molecular weight is 869 g/mol. The van der Waals surface area contributed by atoms with Crippen molar-refractivity contribution < 1.29 is 46.6 Å². The monoisotopic (exact) mass is 868 g/mol. The van der Waals surface area contributed by atoms with Crippen molar-refractivity contribution in [1.82, 2.24) is 24.6 Å². The highest BCUT2D eigenvalue weighted by Gasteiger charge is 2.38. The Hall–Kier alpha value is -5.78. The molecular weight excluding hydrogens is 821 g/mol. The molecule has 3 fully saturated rings. The van der Waals surface area contributed by atoms with E-state index in [1.807, 2.05) is 29.2 Å². The number of carbonyl (C=O) groups excluding carboxylic acids is 5. The number of nitrogens with zero attached hydrogens (tertiary/aromatic N) is 6. The maximum Gasteiger partial charge on any atom is 0.418 e. The third-order valence-electron chi connectivity index (χ3n) is 11.6. The number of benzene rings is 2. The van der Waals surface area contributed by atoms with Crippen molar-refractivity contribution in [3.05, 3.63) is 82.0 Å². The van der Waals surface area contributed by atoms with E-state index in [-0.39, 0.29) is 66.9 Å². The molecule has 0 spiro atoms. The van der Waals surface area contributed by atoms with Gasteiger partial charge in [-0.25, -0.2) is 19.4 Å². The molecule has 3 aromatic rings. The predicted octanol–water partition coefficient (Wildman–Crippen LogP) is 5.46. The normalized spacial score (nSPS) is 18.1. The van der Waals surface area contributed by atoms with Crippen LogP contribution in [0, 0.1) is 0 Å². The number of urea groups is 1. The molecule has 3 N–H and O–H groups in total. The summed E-state index contributed by atoms with van der Waals surface area (Å²) in [7, 11) is 0. The molecule has 0 bridgehead atoms. The van der Waals surface area contributed by atoms with E-state index in [9.17, 15) is 37.1 Å². The zero-order chi connectivity index (χ0) is 43.3. The number of ether oxygens (including phenoxy) is 2. The number of anilines is 3. The van der Waals surface area contributed by atoms with E-state index >= 15 is 0 Å². The van der Waals surface area contributed by atoms with Crippen LogP contribution in [0.3, 0.4) is 0 Å². The maximum atomic E-state index is 14.1. The number of hydrogen-bond donors (Lipinski definition) is 2. The Bertz CT molecular complexity index is 2110. The summed E-state index contributed by atoms with van der Waals surface area (Å²) >= 11 is 6.13. The number of amides is 5. The number of para-hydroxylation sites is 1. The highest BCUT2D eigenvalue weighted by Crippen LogP contribution is 2.38. The minimum absolute atomic E-state index is 0.00713. The van der Waals surface area contributed by atoms with Crippen molar-refractivity contribution in [2.45, 2.75) is 63.3 Å². The van der Waals surface area contributed by atoms with Gasteiger partial charge in [-0.15, -0.1) is 0 Å². The molecule has 5 heterocycles. The van der Waals surface area contributed by atoms with Gasteiger partial charge in [-0.1, -0.05) is 29.8 Å². The molecular formula is C42H48ClF3N8O7. The summed E-state index contributed by atoms with van der Waals surface area (Å²) in [6, 6.07) is 12.6. The van der Waals surface area contributed by atoms with E-state index in [2.05, 4.69) is 10.3 Å². The van der Waals surface area contributed by atoms with E-state index < -0.39 is 47.9 Å². The minimum Gasteiger partial charge on any atom is -0.462 e. The van der Waals surface area contributed by atoms with E-state index in [0.29, 0.717) is 64.1 Å². The number of nitrogens with two attached hydrogens (primary N) is 1. The van der Waals surface area contributed by atoms with Gasteiger partial charge in [0, 0.05) is 89.7 Å². The zero-order valence-electron chi connectivity index (χ0n) is 33.5. The molecule has 7 rings (SSSR count). The van der Waals surface area contributed by atoms with Crippen LogP contribution in [0.2, 0.25) is 5.02 Å². The van der Waals surface area contributed by atoms with E-state index in [1.165, 1.54) is 22.1 Å². The molecule has 0 saturated carbocycles. The van der Waals surface area contributed by atoms with Gasteiger partial charge in [0.25, 0.3) is 5.91 Å². The Morgan fingerprint density at radius 3 is 2.38 bits per heavy atom. The lowest BCUT2D eigenvalue weighted by molar-refractivity contribution is -0.141. The summed E-state index contributed by atoms with van der Waals surface area (Å²) in [6.45, 7) is 3.41. The number of rotatable bonds is 11. The summed E-state index contributed by atoms with van der Waals surface area (Å²) in [5.74, 6) is -0.457. The Balaban J connectivity index is 0.963. The minimum atomic E-state index is -4.82. The molecule has 15 nitrogen and oxygen atoms in total. The fraction of sp³-hybridized carbons (Fsp3) is 0.476. The summed E-state index contributed by atoms with van der Waals surface area (Å²) in [5.41, 5.74) is 5.93. The second kappa shape index (κ2) is 18.9. The first kappa shape index (κ1) is 43.3. The van der Waals surface area contributed by atoms with Crippen LogP contribution in [-0.4, -0.2) is 132 Å². The van der Waals surface area contributed by atoms with Gasteiger partial charge in [0.15, 0.2) is 6.10 Å². The molecule has 4 aliphatic rings. The summed E-state index contributed by atoms with van der Waals surface area (Å²) in [6.07, 6.45) is -2.59. The zero-order valence-corrected chi connectivity index (χ0v) is 34.3. The van der Waals surface area contributed by atoms with Crippen LogP contribution in [0.4, 0.5) is 40.0 Å². The average Bonchev–Trinajstić information content (AvgIpc) is 3.58. The van der Waals surface area contributed by atoms with Crippen molar-refractivity contribution in [2.24, 2.45) is 0 Å². The summed E-state index contributed by atoms with van der Waals surface area (Å²) in [4.78, 5) is 78.1. The van der Waals surface area contributed by atoms with Gasteiger partial charge in [-0.2, -0.15) is 13.2 Å². The van der Waals surface area contributed by atoms with Gasteiger partial charge in [-0.3, -0.25) is 9.59 Å². The smallest absolute Gasteiger partial charge is 0.418 e. The number of hydrogen-bond acceptors (Lipinski definition) is 10. The van der Waals surface area contributed by atoms with Crippen LogP contribution >= 0.6 is 11.6 Å². The Morgan fingerprint density at radius 2 is 1.69 bits per heavy atom. The first-order chi connectivity index (χ1) is 29.2. The van der Waals surface area contributed by atoms with Gasteiger partial charge in [-0.05, 0) is 73.6 Å². The molecule has 1 atom stereocenters.